The van der Waals surface area contributed by atoms with Gasteiger partial charge in [0.15, 0.2) is 0 Å². The van der Waals surface area contributed by atoms with E-state index >= 15 is 0 Å². The molecule has 0 aliphatic heterocycles. The Kier molecular flexibility index (Phi) is 2.54. The lowest BCUT2D eigenvalue weighted by atomic mass is 10.0. The first kappa shape index (κ1) is 13.8. The third-order valence-corrected chi connectivity index (χ3v) is 5.29. The molecule has 0 amide bonds. The minimum Gasteiger partial charge on any atom is -0.497 e. The van der Waals surface area contributed by atoms with Gasteiger partial charge in [-0.3, -0.25) is 0 Å². The van der Waals surface area contributed by atoms with E-state index in [0.717, 1.165) is 44.1 Å². The molecule has 0 saturated heterocycles. The summed E-state index contributed by atoms with van der Waals surface area (Å²) < 4.78 is 11.6. The van der Waals surface area contributed by atoms with Crippen molar-refractivity contribution in [2.24, 2.45) is 0 Å². The van der Waals surface area contributed by atoms with Gasteiger partial charge in [0.25, 0.3) is 0 Å². The van der Waals surface area contributed by atoms with Gasteiger partial charge in [-0.1, -0.05) is 30.3 Å². The lowest BCUT2D eigenvalue weighted by Crippen LogP contribution is -1.80. The number of aromatic nitrogens is 1. The second-order valence-electron chi connectivity index (χ2n) is 6.69. The van der Waals surface area contributed by atoms with Gasteiger partial charge in [0.05, 0.1) is 7.11 Å². The lowest BCUT2D eigenvalue weighted by molar-refractivity contribution is 0.415. The maximum atomic E-state index is 6.20. The van der Waals surface area contributed by atoms with Crippen LogP contribution in [0.2, 0.25) is 0 Å². The molecule has 0 unspecified atom stereocenters. The number of aromatic amines is 1. The fourth-order valence-corrected chi connectivity index (χ4v) is 4.05. The minimum absolute atomic E-state index is 0.856. The summed E-state index contributed by atoms with van der Waals surface area (Å²) in [6.07, 6.45) is 0. The van der Waals surface area contributed by atoms with Crippen LogP contribution in [0.3, 0.4) is 0 Å². The number of fused-ring (bicyclic) bond motifs is 8. The Morgan fingerprint density at radius 3 is 2.54 bits per heavy atom. The molecule has 0 radical (unpaired) electrons. The molecule has 1 N–H and O–H groups in total. The van der Waals surface area contributed by atoms with Crippen LogP contribution >= 0.6 is 0 Å². The van der Waals surface area contributed by atoms with Crippen molar-refractivity contribution < 1.29 is 9.15 Å². The molecule has 0 saturated carbocycles. The molecular formula is C23H15NO2. The van der Waals surface area contributed by atoms with Crippen LogP contribution in [0.15, 0.2) is 71.1 Å². The van der Waals surface area contributed by atoms with E-state index in [4.69, 9.17) is 9.15 Å². The van der Waals surface area contributed by atoms with Crippen molar-refractivity contribution in [3.05, 3.63) is 66.7 Å². The number of nitrogens with one attached hydrogen (secondary N) is 1. The second-order valence-corrected chi connectivity index (χ2v) is 6.69. The molecule has 26 heavy (non-hydrogen) atoms. The van der Waals surface area contributed by atoms with E-state index in [9.17, 15) is 0 Å². The molecule has 6 aromatic rings. The molecular weight excluding hydrogens is 322 g/mol. The van der Waals surface area contributed by atoms with Crippen LogP contribution in [-0.2, 0) is 0 Å². The van der Waals surface area contributed by atoms with E-state index < -0.39 is 0 Å². The number of H-pyrrole nitrogens is 1. The van der Waals surface area contributed by atoms with Gasteiger partial charge in [-0.2, -0.15) is 0 Å². The number of ether oxygens (including phenoxy) is 1. The molecule has 124 valence electrons. The summed E-state index contributed by atoms with van der Waals surface area (Å²) in [7, 11) is 1.69. The van der Waals surface area contributed by atoms with Crippen molar-refractivity contribution in [3.63, 3.8) is 0 Å². The molecule has 0 atom stereocenters. The van der Waals surface area contributed by atoms with E-state index in [-0.39, 0.29) is 0 Å². The number of methoxy groups -OCH3 is 1. The van der Waals surface area contributed by atoms with E-state index in [1.165, 1.54) is 16.2 Å². The molecule has 2 heterocycles. The Morgan fingerprint density at radius 2 is 1.62 bits per heavy atom. The van der Waals surface area contributed by atoms with E-state index in [0.29, 0.717) is 0 Å². The summed E-state index contributed by atoms with van der Waals surface area (Å²) in [5.41, 5.74) is 4.04. The van der Waals surface area contributed by atoms with Gasteiger partial charge in [-0.05, 0) is 47.2 Å². The van der Waals surface area contributed by atoms with Gasteiger partial charge < -0.3 is 14.1 Å². The maximum absolute atomic E-state index is 6.20. The molecule has 0 bridgehead atoms. The molecule has 2 aromatic heterocycles. The van der Waals surface area contributed by atoms with Gasteiger partial charge in [0.2, 0.25) is 0 Å². The summed E-state index contributed by atoms with van der Waals surface area (Å²) in [5, 5.41) is 7.06. The molecule has 0 aliphatic carbocycles. The fourth-order valence-electron chi connectivity index (χ4n) is 4.05. The van der Waals surface area contributed by atoms with Crippen molar-refractivity contribution in [1.29, 1.82) is 0 Å². The average Bonchev–Trinajstić information content (AvgIpc) is 3.23. The van der Waals surface area contributed by atoms with Crippen molar-refractivity contribution in [2.75, 3.05) is 7.11 Å². The SMILES string of the molecule is COc1ccc2[nH]c3cc4c(cc3c2c1)oc1ccc2ccccc2c14. The van der Waals surface area contributed by atoms with Crippen LogP contribution in [0, 0.1) is 0 Å². The summed E-state index contributed by atoms with van der Waals surface area (Å²) in [6.45, 7) is 0. The third kappa shape index (κ3) is 1.72. The average molecular weight is 337 g/mol. The van der Waals surface area contributed by atoms with Crippen molar-refractivity contribution in [2.45, 2.75) is 0 Å². The molecule has 0 spiro atoms. The second kappa shape index (κ2) is 4.79. The molecule has 0 aliphatic rings. The highest BCUT2D eigenvalue weighted by atomic mass is 16.5. The Balaban J connectivity index is 1.80. The maximum Gasteiger partial charge on any atom is 0.136 e. The quantitative estimate of drug-likeness (QED) is 0.378. The van der Waals surface area contributed by atoms with E-state index in [1.54, 1.807) is 7.11 Å². The highest BCUT2D eigenvalue weighted by Crippen LogP contribution is 2.38. The standard InChI is InChI=1S/C23H15NO2/c1-25-14-7-8-19-16(10-14)17-12-22-18(11-20(17)24-19)23-15-5-3-2-4-13(15)6-9-21(23)26-22/h2-12,24H,1H3. The van der Waals surface area contributed by atoms with Gasteiger partial charge in [0.1, 0.15) is 16.9 Å². The smallest absolute Gasteiger partial charge is 0.136 e. The van der Waals surface area contributed by atoms with Crippen molar-refractivity contribution in [1.82, 2.24) is 4.98 Å². The Hall–Kier alpha value is -3.46. The Labute approximate surface area is 148 Å². The molecule has 6 rings (SSSR count). The van der Waals surface area contributed by atoms with Crippen molar-refractivity contribution in [3.8, 4) is 5.75 Å². The van der Waals surface area contributed by atoms with Gasteiger partial charge in [-0.25, -0.2) is 0 Å². The van der Waals surface area contributed by atoms with E-state index in [2.05, 4.69) is 65.6 Å². The van der Waals surface area contributed by atoms with Crippen LogP contribution in [0.5, 0.6) is 5.75 Å². The predicted molar refractivity (Wildman–Crippen MR) is 107 cm³/mol. The first-order valence-corrected chi connectivity index (χ1v) is 8.65. The Morgan fingerprint density at radius 1 is 0.731 bits per heavy atom. The number of hydrogen-bond acceptors (Lipinski definition) is 2. The summed E-state index contributed by atoms with van der Waals surface area (Å²) in [5.74, 6) is 0.856. The van der Waals surface area contributed by atoms with Crippen LogP contribution in [0.25, 0.3) is 54.5 Å². The zero-order valence-corrected chi connectivity index (χ0v) is 14.2. The molecule has 4 aromatic carbocycles. The third-order valence-electron chi connectivity index (χ3n) is 5.29. The van der Waals surface area contributed by atoms with E-state index in [1.807, 2.05) is 6.07 Å². The summed E-state index contributed by atoms with van der Waals surface area (Å²) in [6, 6.07) is 23.1. The largest absolute Gasteiger partial charge is 0.497 e. The molecule has 3 heteroatoms. The predicted octanol–water partition coefficient (Wildman–Crippen LogP) is 6.38. The highest BCUT2D eigenvalue weighted by molar-refractivity contribution is 6.22. The first-order valence-electron chi connectivity index (χ1n) is 8.65. The number of hydrogen-bond donors (Lipinski definition) is 1. The van der Waals surface area contributed by atoms with Gasteiger partial charge in [0, 0.05) is 32.6 Å². The highest BCUT2D eigenvalue weighted by Gasteiger charge is 2.14. The summed E-state index contributed by atoms with van der Waals surface area (Å²) in [4.78, 5) is 3.53. The Bertz CT molecular complexity index is 1470. The fraction of sp³-hybridized carbons (Fsp3) is 0.0435. The van der Waals surface area contributed by atoms with Crippen LogP contribution in [0.1, 0.15) is 0 Å². The monoisotopic (exact) mass is 337 g/mol. The van der Waals surface area contributed by atoms with Crippen molar-refractivity contribution >= 4 is 54.5 Å². The molecule has 0 fully saturated rings. The zero-order chi connectivity index (χ0) is 17.3. The van der Waals surface area contributed by atoms with Crippen LogP contribution in [-0.4, -0.2) is 12.1 Å². The zero-order valence-electron chi connectivity index (χ0n) is 14.2. The molecule has 3 nitrogen and oxygen atoms in total. The minimum atomic E-state index is 0.856. The number of rotatable bonds is 1. The number of benzene rings is 4. The van der Waals surface area contributed by atoms with Crippen LogP contribution < -0.4 is 4.74 Å². The normalized spacial score (nSPS) is 12.0. The first-order chi connectivity index (χ1) is 12.8. The topological polar surface area (TPSA) is 38.2 Å². The summed E-state index contributed by atoms with van der Waals surface area (Å²) >= 11 is 0. The number of furan rings is 1. The van der Waals surface area contributed by atoms with Gasteiger partial charge in [-0.15, -0.1) is 0 Å². The van der Waals surface area contributed by atoms with Crippen LogP contribution in [0.4, 0.5) is 0 Å². The lowest BCUT2D eigenvalue weighted by Gasteiger charge is -1.99. The van der Waals surface area contributed by atoms with Gasteiger partial charge >= 0.3 is 0 Å².